The van der Waals surface area contributed by atoms with Crippen LogP contribution in [0.1, 0.15) is 39.3 Å². The van der Waals surface area contributed by atoms with Crippen molar-refractivity contribution < 1.29 is 9.26 Å². The molecule has 0 spiro atoms. The lowest BCUT2D eigenvalue weighted by molar-refractivity contribution is 0.0125. The second-order valence-electron chi connectivity index (χ2n) is 9.24. The highest BCUT2D eigenvalue weighted by atomic mass is 16.5. The zero-order valence-corrected chi connectivity index (χ0v) is 22.0. The van der Waals surface area contributed by atoms with Crippen LogP contribution in [-0.2, 0) is 11.3 Å². The van der Waals surface area contributed by atoms with Crippen LogP contribution in [0.15, 0.2) is 16.9 Å². The molecule has 0 atom stereocenters. The number of hydrogen-bond acceptors (Lipinski definition) is 8. The van der Waals surface area contributed by atoms with Gasteiger partial charge in [-0.3, -0.25) is 4.90 Å². The average Bonchev–Trinajstić information content (AvgIpc) is 3.33. The smallest absolute Gasteiger partial charge is 0.124 e. The van der Waals surface area contributed by atoms with E-state index in [4.69, 9.17) is 9.26 Å². The molecule has 8 heteroatoms. The van der Waals surface area contributed by atoms with Gasteiger partial charge in [-0.1, -0.05) is 25.9 Å². The molecule has 4 rings (SSSR count). The molecule has 4 heterocycles. The van der Waals surface area contributed by atoms with Gasteiger partial charge in [0.15, 0.2) is 0 Å². The van der Waals surface area contributed by atoms with Crippen molar-refractivity contribution in [2.24, 2.45) is 0 Å². The number of aromatic nitrogens is 1. The fraction of sp³-hybridized carbons (Fsp3) is 0.880. The number of ether oxygens (including phenoxy) is 1. The maximum Gasteiger partial charge on any atom is 0.124 e. The molecule has 3 fully saturated rings. The van der Waals surface area contributed by atoms with Crippen LogP contribution in [0, 0.1) is 0 Å². The average molecular weight is 467 g/mol. The minimum absolute atomic E-state index is 0.561. The molecule has 0 unspecified atom stereocenters. The van der Waals surface area contributed by atoms with Crippen LogP contribution in [0.4, 0.5) is 0 Å². The van der Waals surface area contributed by atoms with E-state index in [1.807, 2.05) is 19.9 Å². The Morgan fingerprint density at radius 3 is 2.12 bits per heavy atom. The summed E-state index contributed by atoms with van der Waals surface area (Å²) >= 11 is 0. The molecule has 0 N–H and O–H groups in total. The Morgan fingerprint density at radius 1 is 0.909 bits per heavy atom. The van der Waals surface area contributed by atoms with E-state index in [0.29, 0.717) is 6.61 Å². The molecule has 0 saturated carbocycles. The zero-order valence-electron chi connectivity index (χ0n) is 22.0. The first-order valence-electron chi connectivity index (χ1n) is 13.2. The highest BCUT2D eigenvalue weighted by Gasteiger charge is 2.31. The number of rotatable bonds is 9. The summed E-state index contributed by atoms with van der Waals surface area (Å²) in [6.45, 7) is 22.5. The molecule has 3 aliphatic rings. The first kappa shape index (κ1) is 28.2. The molecule has 0 aliphatic carbocycles. The number of nitrogens with zero attached hydrogens (tertiary/aromatic N) is 6. The van der Waals surface area contributed by atoms with E-state index in [1.54, 1.807) is 6.26 Å². The van der Waals surface area contributed by atoms with Gasteiger partial charge in [0, 0.05) is 84.2 Å². The monoisotopic (exact) mass is 466 g/mol. The van der Waals surface area contributed by atoms with Crippen LogP contribution in [0.25, 0.3) is 0 Å². The number of likely N-dealkylation sites (tertiary alicyclic amines) is 1. The van der Waals surface area contributed by atoms with Crippen molar-refractivity contribution in [3.05, 3.63) is 18.0 Å². The number of hydrogen-bond donors (Lipinski definition) is 0. The highest BCUT2D eigenvalue weighted by Crippen LogP contribution is 2.15. The Morgan fingerprint density at radius 2 is 1.55 bits per heavy atom. The minimum Gasteiger partial charge on any atom is -0.375 e. The molecule has 3 saturated heterocycles. The molecule has 1 aromatic heterocycles. The summed E-state index contributed by atoms with van der Waals surface area (Å²) in [6, 6.07) is 2.71. The Labute approximate surface area is 202 Å². The molecule has 192 valence electrons. The molecule has 0 amide bonds. The van der Waals surface area contributed by atoms with E-state index in [1.165, 1.54) is 85.0 Å². The third kappa shape index (κ3) is 10.8. The highest BCUT2D eigenvalue weighted by molar-refractivity contribution is 4.92. The van der Waals surface area contributed by atoms with Gasteiger partial charge in [0.2, 0.25) is 0 Å². The number of unbranched alkanes of at least 4 members (excludes halogenated alkanes) is 1. The van der Waals surface area contributed by atoms with Gasteiger partial charge in [-0.2, -0.15) is 0 Å². The summed E-state index contributed by atoms with van der Waals surface area (Å²) in [4.78, 5) is 12.5. The third-order valence-electron chi connectivity index (χ3n) is 6.79. The van der Waals surface area contributed by atoms with Crippen molar-refractivity contribution in [2.75, 3.05) is 99.2 Å². The Balaban J connectivity index is 0.000000227. The summed E-state index contributed by atoms with van der Waals surface area (Å²) in [5.41, 5.74) is 0.870. The van der Waals surface area contributed by atoms with Gasteiger partial charge >= 0.3 is 0 Å². The summed E-state index contributed by atoms with van der Waals surface area (Å²) < 4.78 is 10.3. The van der Waals surface area contributed by atoms with Gasteiger partial charge in [-0.15, -0.1) is 0 Å². The zero-order chi connectivity index (χ0) is 23.9. The van der Waals surface area contributed by atoms with Crippen LogP contribution in [0.3, 0.4) is 0 Å². The standard InChI is InChI=1S/C13H23N3O2.C10H21N3.C2H6/c1-15-6-8-16(9-7-15)5-2-3-10-17-12-13-4-11-18-14-13;1-3-12-8-10(9-12)13-6-4-11(2)5-7-13;1-2/h4,11H,2-3,5-10,12H2,1H3;10H,3-9H2,1-2H3;1-2H3. The quantitative estimate of drug-likeness (QED) is 0.514. The fourth-order valence-corrected chi connectivity index (χ4v) is 4.32. The molecule has 0 bridgehead atoms. The van der Waals surface area contributed by atoms with Gasteiger partial charge < -0.3 is 28.9 Å². The van der Waals surface area contributed by atoms with Gasteiger partial charge in [0.1, 0.15) is 12.0 Å². The number of piperazine rings is 2. The molecule has 33 heavy (non-hydrogen) atoms. The van der Waals surface area contributed by atoms with Crippen LogP contribution < -0.4 is 0 Å². The van der Waals surface area contributed by atoms with E-state index in [9.17, 15) is 0 Å². The largest absolute Gasteiger partial charge is 0.375 e. The predicted molar refractivity (Wildman–Crippen MR) is 136 cm³/mol. The topological polar surface area (TPSA) is 51.5 Å². The van der Waals surface area contributed by atoms with Crippen molar-refractivity contribution in [3.8, 4) is 0 Å². The normalized spacial score (nSPS) is 21.6. The summed E-state index contributed by atoms with van der Waals surface area (Å²) in [7, 11) is 4.41. The van der Waals surface area contributed by atoms with Crippen molar-refractivity contribution in [1.29, 1.82) is 0 Å². The van der Waals surface area contributed by atoms with E-state index in [-0.39, 0.29) is 0 Å². The lowest BCUT2D eigenvalue weighted by Gasteiger charge is -2.47. The predicted octanol–water partition coefficient (Wildman–Crippen LogP) is 2.18. The Kier molecular flexibility index (Phi) is 14.2. The summed E-state index contributed by atoms with van der Waals surface area (Å²) in [5.74, 6) is 0. The van der Waals surface area contributed by atoms with Crippen LogP contribution in [-0.4, -0.2) is 135 Å². The third-order valence-corrected chi connectivity index (χ3v) is 6.79. The Bertz CT molecular complexity index is 565. The Hall–Kier alpha value is -1.03. The minimum atomic E-state index is 0.561. The molecular formula is C25H50N6O2. The molecule has 3 aliphatic heterocycles. The van der Waals surface area contributed by atoms with Gasteiger partial charge in [0.05, 0.1) is 6.61 Å². The van der Waals surface area contributed by atoms with E-state index in [2.05, 4.69) is 50.7 Å². The van der Waals surface area contributed by atoms with E-state index >= 15 is 0 Å². The molecule has 1 aromatic rings. The van der Waals surface area contributed by atoms with Crippen LogP contribution in [0.2, 0.25) is 0 Å². The van der Waals surface area contributed by atoms with Crippen molar-refractivity contribution in [3.63, 3.8) is 0 Å². The molecule has 0 aromatic carbocycles. The van der Waals surface area contributed by atoms with Gasteiger partial charge in [-0.05, 0) is 40.0 Å². The molecule has 8 nitrogen and oxygen atoms in total. The number of likely N-dealkylation sites (N-methyl/N-ethyl adjacent to an activating group) is 3. The summed E-state index contributed by atoms with van der Waals surface area (Å²) in [6.07, 6.45) is 3.90. The molecule has 0 radical (unpaired) electrons. The fourth-order valence-electron chi connectivity index (χ4n) is 4.32. The maximum atomic E-state index is 5.54. The second kappa shape index (κ2) is 16.6. The SMILES string of the molecule is CC.CCN1CC(N2CCN(C)CC2)C1.CN1CCN(CCCCOCc2ccon2)CC1. The van der Waals surface area contributed by atoms with Crippen LogP contribution in [0.5, 0.6) is 0 Å². The molecular weight excluding hydrogens is 416 g/mol. The van der Waals surface area contributed by atoms with Gasteiger partial charge in [-0.25, -0.2) is 0 Å². The second-order valence-corrected chi connectivity index (χ2v) is 9.24. The van der Waals surface area contributed by atoms with Crippen molar-refractivity contribution in [1.82, 2.24) is 29.7 Å². The summed E-state index contributed by atoms with van der Waals surface area (Å²) in [5, 5.41) is 3.80. The lowest BCUT2D eigenvalue weighted by atomic mass is 10.1. The lowest BCUT2D eigenvalue weighted by Crippen LogP contribution is -2.62. The first-order valence-corrected chi connectivity index (χ1v) is 13.2. The van der Waals surface area contributed by atoms with E-state index < -0.39 is 0 Å². The maximum absolute atomic E-state index is 5.54. The van der Waals surface area contributed by atoms with Crippen molar-refractivity contribution >= 4 is 0 Å². The van der Waals surface area contributed by atoms with Crippen LogP contribution >= 0.6 is 0 Å². The van der Waals surface area contributed by atoms with E-state index in [0.717, 1.165) is 24.8 Å². The van der Waals surface area contributed by atoms with Gasteiger partial charge in [0.25, 0.3) is 0 Å². The van der Waals surface area contributed by atoms with Crippen molar-refractivity contribution in [2.45, 2.75) is 46.3 Å². The first-order chi connectivity index (χ1) is 16.1.